The SMILES string of the molecule is C[C@@H]1CC(=O)Nc2ccccc2N1C(=O)COC(=O)c1cc(Cl)cc(Cl)c1N. The number of hydrogen-bond acceptors (Lipinski definition) is 5. The molecule has 3 N–H and O–H groups in total. The van der Waals surface area contributed by atoms with E-state index in [1.54, 1.807) is 31.2 Å². The summed E-state index contributed by atoms with van der Waals surface area (Å²) in [6, 6.07) is 9.23. The van der Waals surface area contributed by atoms with Crippen LogP contribution >= 0.6 is 23.2 Å². The molecule has 2 aromatic carbocycles. The molecule has 1 heterocycles. The number of nitrogens with one attached hydrogen (secondary N) is 1. The summed E-state index contributed by atoms with van der Waals surface area (Å²) in [7, 11) is 0. The number of anilines is 3. The van der Waals surface area contributed by atoms with Crippen LogP contribution in [-0.4, -0.2) is 30.4 Å². The quantitative estimate of drug-likeness (QED) is 0.583. The second-order valence-corrected chi connectivity index (χ2v) is 7.15. The molecule has 3 rings (SSSR count). The van der Waals surface area contributed by atoms with E-state index in [1.165, 1.54) is 17.0 Å². The zero-order valence-corrected chi connectivity index (χ0v) is 16.4. The highest BCUT2D eigenvalue weighted by molar-refractivity contribution is 6.37. The number of ether oxygens (including phenoxy) is 1. The molecule has 2 amide bonds. The van der Waals surface area contributed by atoms with Crippen molar-refractivity contribution >= 4 is 58.0 Å². The number of para-hydroxylation sites is 2. The first-order valence-corrected chi connectivity index (χ1v) is 9.16. The summed E-state index contributed by atoms with van der Waals surface area (Å²) in [6.07, 6.45) is 0.116. The van der Waals surface area contributed by atoms with Gasteiger partial charge in [-0.15, -0.1) is 0 Å². The summed E-state index contributed by atoms with van der Waals surface area (Å²) in [4.78, 5) is 38.6. The van der Waals surface area contributed by atoms with Gasteiger partial charge in [0.05, 0.1) is 27.6 Å². The highest BCUT2D eigenvalue weighted by Crippen LogP contribution is 2.32. The van der Waals surface area contributed by atoms with Crippen LogP contribution in [0.4, 0.5) is 17.1 Å². The first kappa shape index (κ1) is 20.0. The van der Waals surface area contributed by atoms with E-state index in [4.69, 9.17) is 33.7 Å². The summed E-state index contributed by atoms with van der Waals surface area (Å²) < 4.78 is 5.13. The first-order chi connectivity index (χ1) is 13.3. The Labute approximate surface area is 171 Å². The van der Waals surface area contributed by atoms with E-state index >= 15 is 0 Å². The Morgan fingerprint density at radius 2 is 2.00 bits per heavy atom. The maximum Gasteiger partial charge on any atom is 0.340 e. The normalized spacial score (nSPS) is 16.0. The van der Waals surface area contributed by atoms with Gasteiger partial charge < -0.3 is 20.7 Å². The molecule has 0 aliphatic carbocycles. The van der Waals surface area contributed by atoms with Crippen LogP contribution in [0.3, 0.4) is 0 Å². The number of amides is 2. The van der Waals surface area contributed by atoms with Crippen LogP contribution in [0.15, 0.2) is 36.4 Å². The van der Waals surface area contributed by atoms with Gasteiger partial charge in [0.2, 0.25) is 5.91 Å². The molecule has 7 nitrogen and oxygen atoms in total. The van der Waals surface area contributed by atoms with Crippen LogP contribution in [-0.2, 0) is 14.3 Å². The Kier molecular flexibility index (Phi) is 5.76. The average Bonchev–Trinajstić information content (AvgIpc) is 2.76. The predicted octanol–water partition coefficient (Wildman–Crippen LogP) is 3.50. The van der Waals surface area contributed by atoms with Gasteiger partial charge in [-0.3, -0.25) is 9.59 Å². The fraction of sp³-hybridized carbons (Fsp3) is 0.211. The van der Waals surface area contributed by atoms with Crippen molar-refractivity contribution in [2.45, 2.75) is 19.4 Å². The monoisotopic (exact) mass is 421 g/mol. The number of nitrogens with two attached hydrogens (primary N) is 1. The summed E-state index contributed by atoms with van der Waals surface area (Å²) in [5.41, 5.74) is 6.84. The van der Waals surface area contributed by atoms with Gasteiger partial charge in [0.15, 0.2) is 6.61 Å². The molecule has 0 aromatic heterocycles. The number of halogens is 2. The predicted molar refractivity (Wildman–Crippen MR) is 108 cm³/mol. The van der Waals surface area contributed by atoms with Crippen LogP contribution in [0.1, 0.15) is 23.7 Å². The number of esters is 1. The minimum atomic E-state index is -0.819. The molecule has 1 aliphatic rings. The molecule has 1 aliphatic heterocycles. The average molecular weight is 422 g/mol. The fourth-order valence-corrected chi connectivity index (χ4v) is 3.49. The van der Waals surface area contributed by atoms with E-state index in [-0.39, 0.29) is 33.6 Å². The summed E-state index contributed by atoms with van der Waals surface area (Å²) in [5, 5.41) is 3.10. The van der Waals surface area contributed by atoms with E-state index < -0.39 is 24.5 Å². The maximum absolute atomic E-state index is 12.8. The number of carbonyl (C=O) groups is 3. The van der Waals surface area contributed by atoms with Gasteiger partial charge in [0.25, 0.3) is 5.91 Å². The highest BCUT2D eigenvalue weighted by atomic mass is 35.5. The van der Waals surface area contributed by atoms with Crippen molar-refractivity contribution in [3.05, 3.63) is 52.0 Å². The van der Waals surface area contributed by atoms with E-state index in [0.29, 0.717) is 11.4 Å². The fourth-order valence-electron chi connectivity index (χ4n) is 3.00. The van der Waals surface area contributed by atoms with Gasteiger partial charge >= 0.3 is 5.97 Å². The summed E-state index contributed by atoms with van der Waals surface area (Å²) >= 11 is 11.8. The van der Waals surface area contributed by atoms with Crippen molar-refractivity contribution in [1.29, 1.82) is 0 Å². The second-order valence-electron chi connectivity index (χ2n) is 6.31. The molecule has 0 unspecified atom stereocenters. The number of carbonyl (C=O) groups excluding carboxylic acids is 3. The van der Waals surface area contributed by atoms with Crippen LogP contribution in [0.25, 0.3) is 0 Å². The molecular weight excluding hydrogens is 405 g/mol. The maximum atomic E-state index is 12.8. The third-order valence-corrected chi connectivity index (χ3v) is 4.80. The molecule has 28 heavy (non-hydrogen) atoms. The molecule has 0 bridgehead atoms. The number of benzene rings is 2. The van der Waals surface area contributed by atoms with Crippen LogP contribution in [0.2, 0.25) is 10.0 Å². The second kappa shape index (κ2) is 8.08. The number of nitrogens with zero attached hydrogens (tertiary/aromatic N) is 1. The molecule has 0 fully saturated rings. The lowest BCUT2D eigenvalue weighted by atomic mass is 10.1. The first-order valence-electron chi connectivity index (χ1n) is 8.40. The van der Waals surface area contributed by atoms with E-state index in [2.05, 4.69) is 5.32 Å². The van der Waals surface area contributed by atoms with E-state index in [1.807, 2.05) is 0 Å². The molecule has 9 heteroatoms. The number of nitrogen functional groups attached to an aromatic ring is 1. The zero-order valence-electron chi connectivity index (χ0n) is 14.9. The Morgan fingerprint density at radius 3 is 2.75 bits per heavy atom. The highest BCUT2D eigenvalue weighted by Gasteiger charge is 2.30. The molecule has 2 aromatic rings. The lowest BCUT2D eigenvalue weighted by molar-refractivity contribution is -0.122. The Bertz CT molecular complexity index is 964. The molecule has 0 radical (unpaired) electrons. The van der Waals surface area contributed by atoms with E-state index in [9.17, 15) is 14.4 Å². The largest absolute Gasteiger partial charge is 0.452 e. The lowest BCUT2D eigenvalue weighted by Gasteiger charge is -2.27. The molecule has 0 saturated carbocycles. The smallest absolute Gasteiger partial charge is 0.340 e. The van der Waals surface area contributed by atoms with Gasteiger partial charge in [0.1, 0.15) is 0 Å². The number of hydrogen-bond donors (Lipinski definition) is 2. The Hall–Kier alpha value is -2.77. The molecule has 1 atom stereocenters. The Balaban J connectivity index is 1.79. The van der Waals surface area contributed by atoms with Gasteiger partial charge in [-0.05, 0) is 31.2 Å². The van der Waals surface area contributed by atoms with Crippen molar-refractivity contribution in [1.82, 2.24) is 0 Å². The van der Waals surface area contributed by atoms with Crippen molar-refractivity contribution in [2.24, 2.45) is 0 Å². The topological polar surface area (TPSA) is 102 Å². The summed E-state index contributed by atoms with van der Waals surface area (Å²) in [5.74, 6) is -1.50. The third-order valence-electron chi connectivity index (χ3n) is 4.27. The Morgan fingerprint density at radius 1 is 1.29 bits per heavy atom. The molecule has 0 spiro atoms. The molecular formula is C19H17Cl2N3O4. The lowest BCUT2D eigenvalue weighted by Crippen LogP contribution is -2.41. The molecule has 146 valence electrons. The minimum absolute atomic E-state index is 0.0202. The van der Waals surface area contributed by atoms with Crippen molar-refractivity contribution in [3.8, 4) is 0 Å². The molecule has 0 saturated heterocycles. The third kappa shape index (κ3) is 4.05. The van der Waals surface area contributed by atoms with Crippen LogP contribution < -0.4 is 16.0 Å². The van der Waals surface area contributed by atoms with Gasteiger partial charge in [-0.1, -0.05) is 35.3 Å². The summed E-state index contributed by atoms with van der Waals surface area (Å²) in [6.45, 7) is 1.21. The number of fused-ring (bicyclic) bond motifs is 1. The van der Waals surface area contributed by atoms with Gasteiger partial charge in [-0.25, -0.2) is 4.79 Å². The van der Waals surface area contributed by atoms with Gasteiger partial charge in [0, 0.05) is 17.5 Å². The standard InChI is InChI=1S/C19H17Cl2N3O4/c1-10-6-16(25)23-14-4-2-3-5-15(14)24(10)17(26)9-28-19(27)12-7-11(20)8-13(21)18(12)22/h2-5,7-8,10H,6,9,22H2,1H3,(H,23,25)/t10-/m1/s1. The van der Waals surface area contributed by atoms with Crippen LogP contribution in [0.5, 0.6) is 0 Å². The van der Waals surface area contributed by atoms with Gasteiger partial charge in [-0.2, -0.15) is 0 Å². The van der Waals surface area contributed by atoms with Crippen molar-refractivity contribution in [2.75, 3.05) is 22.6 Å². The van der Waals surface area contributed by atoms with E-state index in [0.717, 1.165) is 0 Å². The number of rotatable bonds is 3. The minimum Gasteiger partial charge on any atom is -0.452 e. The zero-order chi connectivity index (χ0) is 20.4. The van der Waals surface area contributed by atoms with Crippen LogP contribution in [0, 0.1) is 0 Å². The van der Waals surface area contributed by atoms with Crippen molar-refractivity contribution in [3.63, 3.8) is 0 Å². The van der Waals surface area contributed by atoms with Crippen molar-refractivity contribution < 1.29 is 19.1 Å².